The first-order valence-electron chi connectivity index (χ1n) is 5.41. The van der Waals surface area contributed by atoms with Crippen molar-refractivity contribution < 1.29 is 4.52 Å². The molecule has 0 bridgehead atoms. The van der Waals surface area contributed by atoms with E-state index in [2.05, 4.69) is 10.1 Å². The summed E-state index contributed by atoms with van der Waals surface area (Å²) in [5, 5.41) is 3.95. The van der Waals surface area contributed by atoms with E-state index < -0.39 is 0 Å². The molecule has 1 aromatic heterocycles. The van der Waals surface area contributed by atoms with Crippen LogP contribution in [0.15, 0.2) is 4.52 Å². The molecule has 0 saturated heterocycles. The molecule has 76 valence electrons. The van der Waals surface area contributed by atoms with E-state index in [0.717, 1.165) is 18.2 Å². The predicted molar refractivity (Wildman–Crippen MR) is 50.4 cm³/mol. The minimum absolute atomic E-state index is 0.00621. The van der Waals surface area contributed by atoms with E-state index in [9.17, 15) is 0 Å². The molecule has 2 saturated carbocycles. The summed E-state index contributed by atoms with van der Waals surface area (Å²) in [6.07, 6.45) is 6.00. The third-order valence-electron chi connectivity index (χ3n) is 3.07. The summed E-state index contributed by atoms with van der Waals surface area (Å²) in [6, 6.07) is 0.00621. The van der Waals surface area contributed by atoms with Gasteiger partial charge in [0.1, 0.15) is 0 Å². The Morgan fingerprint density at radius 3 is 2.79 bits per heavy atom. The quantitative estimate of drug-likeness (QED) is 0.785. The molecule has 4 nitrogen and oxygen atoms in total. The van der Waals surface area contributed by atoms with Crippen LogP contribution in [0.25, 0.3) is 0 Å². The van der Waals surface area contributed by atoms with Crippen molar-refractivity contribution in [3.63, 3.8) is 0 Å². The summed E-state index contributed by atoms with van der Waals surface area (Å²) in [4.78, 5) is 4.35. The third kappa shape index (κ3) is 1.66. The fraction of sp³-hybridized carbons (Fsp3) is 0.800. The van der Waals surface area contributed by atoms with E-state index in [1.165, 1.54) is 25.7 Å². The van der Waals surface area contributed by atoms with E-state index in [4.69, 9.17) is 10.3 Å². The third-order valence-corrected chi connectivity index (χ3v) is 3.07. The van der Waals surface area contributed by atoms with Gasteiger partial charge in [0.15, 0.2) is 5.82 Å². The lowest BCUT2D eigenvalue weighted by atomic mass is 10.2. The van der Waals surface area contributed by atoms with Crippen LogP contribution >= 0.6 is 0 Å². The van der Waals surface area contributed by atoms with Crippen LogP contribution in [0.1, 0.15) is 43.4 Å². The van der Waals surface area contributed by atoms with E-state index in [-0.39, 0.29) is 6.04 Å². The lowest BCUT2D eigenvalue weighted by molar-refractivity contribution is 0.363. The molecule has 14 heavy (non-hydrogen) atoms. The maximum absolute atomic E-state index is 5.98. The molecule has 4 heteroatoms. The predicted octanol–water partition coefficient (Wildman–Crippen LogP) is 1.43. The number of hydrogen-bond acceptors (Lipinski definition) is 4. The minimum atomic E-state index is 0.00621. The maximum atomic E-state index is 5.98. The van der Waals surface area contributed by atoms with Gasteiger partial charge in [0, 0.05) is 6.42 Å². The summed E-state index contributed by atoms with van der Waals surface area (Å²) < 4.78 is 5.17. The van der Waals surface area contributed by atoms with Crippen molar-refractivity contribution in [2.75, 3.05) is 0 Å². The number of nitrogens with zero attached hydrogens (tertiary/aromatic N) is 2. The van der Waals surface area contributed by atoms with Gasteiger partial charge in [0.25, 0.3) is 0 Å². The maximum Gasteiger partial charge on any atom is 0.226 e. The molecule has 0 amide bonds. The van der Waals surface area contributed by atoms with Gasteiger partial charge in [0.05, 0.1) is 6.04 Å². The Morgan fingerprint density at radius 1 is 1.36 bits per heavy atom. The summed E-state index contributed by atoms with van der Waals surface area (Å²) in [5.41, 5.74) is 5.98. The van der Waals surface area contributed by atoms with Crippen LogP contribution < -0.4 is 5.73 Å². The van der Waals surface area contributed by atoms with Crippen molar-refractivity contribution >= 4 is 0 Å². The van der Waals surface area contributed by atoms with Gasteiger partial charge in [-0.2, -0.15) is 4.98 Å². The van der Waals surface area contributed by atoms with Crippen LogP contribution in [0.3, 0.4) is 0 Å². The Morgan fingerprint density at radius 2 is 2.14 bits per heavy atom. The van der Waals surface area contributed by atoms with Crippen LogP contribution in [-0.2, 0) is 6.42 Å². The monoisotopic (exact) mass is 193 g/mol. The van der Waals surface area contributed by atoms with Gasteiger partial charge < -0.3 is 10.3 Å². The molecular weight excluding hydrogens is 178 g/mol. The van der Waals surface area contributed by atoms with Gasteiger partial charge in [-0.1, -0.05) is 5.16 Å². The minimum Gasteiger partial charge on any atom is -0.339 e. The zero-order valence-corrected chi connectivity index (χ0v) is 8.15. The standard InChI is InChI=1S/C10H15N3O/c11-9(7-3-4-7)10-12-8(14-13-10)5-6-1-2-6/h6-7,9H,1-5,11H2. The van der Waals surface area contributed by atoms with E-state index in [1.54, 1.807) is 0 Å². The van der Waals surface area contributed by atoms with Crippen LogP contribution in [0, 0.1) is 11.8 Å². The van der Waals surface area contributed by atoms with Crippen LogP contribution in [0.4, 0.5) is 0 Å². The van der Waals surface area contributed by atoms with Crippen molar-refractivity contribution in [3.8, 4) is 0 Å². The molecule has 2 fully saturated rings. The van der Waals surface area contributed by atoms with Gasteiger partial charge in [0.2, 0.25) is 5.89 Å². The van der Waals surface area contributed by atoms with Crippen molar-refractivity contribution in [3.05, 3.63) is 11.7 Å². The second kappa shape index (κ2) is 3.05. The van der Waals surface area contributed by atoms with Gasteiger partial charge >= 0.3 is 0 Å². The molecule has 1 heterocycles. The van der Waals surface area contributed by atoms with Crippen molar-refractivity contribution in [2.45, 2.75) is 38.1 Å². The highest BCUT2D eigenvalue weighted by Gasteiger charge is 2.33. The first-order chi connectivity index (χ1) is 6.83. The Labute approximate surface area is 82.9 Å². The van der Waals surface area contributed by atoms with E-state index >= 15 is 0 Å². The first kappa shape index (κ1) is 8.41. The van der Waals surface area contributed by atoms with Crippen LogP contribution in [0.5, 0.6) is 0 Å². The Kier molecular flexibility index (Phi) is 1.83. The van der Waals surface area contributed by atoms with Crippen molar-refractivity contribution in [1.82, 2.24) is 10.1 Å². The number of rotatable bonds is 4. The van der Waals surface area contributed by atoms with E-state index in [1.807, 2.05) is 0 Å². The zero-order chi connectivity index (χ0) is 9.54. The summed E-state index contributed by atoms with van der Waals surface area (Å²) in [5.74, 6) is 2.88. The molecule has 1 aromatic rings. The highest BCUT2D eigenvalue weighted by Crippen LogP contribution is 2.38. The molecule has 0 spiro atoms. The van der Waals surface area contributed by atoms with Crippen LogP contribution in [-0.4, -0.2) is 10.1 Å². The molecule has 2 N–H and O–H groups in total. The molecular formula is C10H15N3O. The second-order valence-corrected chi connectivity index (χ2v) is 4.56. The Balaban J connectivity index is 1.68. The number of aromatic nitrogens is 2. The molecule has 1 atom stereocenters. The molecule has 0 aliphatic heterocycles. The highest BCUT2D eigenvalue weighted by molar-refractivity contribution is 5.00. The summed E-state index contributed by atoms with van der Waals surface area (Å²) in [6.45, 7) is 0. The van der Waals surface area contributed by atoms with Crippen molar-refractivity contribution in [1.29, 1.82) is 0 Å². The summed E-state index contributed by atoms with van der Waals surface area (Å²) in [7, 11) is 0. The molecule has 2 aliphatic carbocycles. The number of nitrogens with two attached hydrogens (primary N) is 1. The molecule has 1 unspecified atom stereocenters. The molecule has 0 aromatic carbocycles. The molecule has 3 rings (SSSR count). The first-order valence-corrected chi connectivity index (χ1v) is 5.41. The lowest BCUT2D eigenvalue weighted by Crippen LogP contribution is -2.14. The lowest BCUT2D eigenvalue weighted by Gasteiger charge is -2.01. The number of hydrogen-bond donors (Lipinski definition) is 1. The van der Waals surface area contributed by atoms with E-state index in [0.29, 0.717) is 11.7 Å². The SMILES string of the molecule is NC(c1noc(CC2CC2)n1)C1CC1. The Hall–Kier alpha value is -0.900. The molecule has 0 radical (unpaired) electrons. The fourth-order valence-electron chi connectivity index (χ4n) is 1.72. The van der Waals surface area contributed by atoms with Gasteiger partial charge in [-0.25, -0.2) is 0 Å². The zero-order valence-electron chi connectivity index (χ0n) is 8.15. The van der Waals surface area contributed by atoms with Gasteiger partial charge in [-0.3, -0.25) is 0 Å². The normalized spacial score (nSPS) is 23.8. The summed E-state index contributed by atoms with van der Waals surface area (Å²) >= 11 is 0. The highest BCUT2D eigenvalue weighted by atomic mass is 16.5. The average molecular weight is 193 g/mol. The second-order valence-electron chi connectivity index (χ2n) is 4.56. The van der Waals surface area contributed by atoms with Gasteiger partial charge in [-0.05, 0) is 37.5 Å². The van der Waals surface area contributed by atoms with Gasteiger partial charge in [-0.15, -0.1) is 0 Å². The molecule has 2 aliphatic rings. The average Bonchev–Trinajstić information content (AvgIpc) is 3.04. The topological polar surface area (TPSA) is 64.9 Å². The fourth-order valence-corrected chi connectivity index (χ4v) is 1.72. The largest absolute Gasteiger partial charge is 0.339 e. The smallest absolute Gasteiger partial charge is 0.226 e. The van der Waals surface area contributed by atoms with Crippen LogP contribution in [0.2, 0.25) is 0 Å². The Bertz CT molecular complexity index is 328. The van der Waals surface area contributed by atoms with Crippen molar-refractivity contribution in [2.24, 2.45) is 17.6 Å².